The van der Waals surface area contributed by atoms with Crippen LogP contribution in [0.15, 0.2) is 22.7 Å². The molecule has 2 rings (SSSR count). The first-order valence-corrected chi connectivity index (χ1v) is 7.23. The number of hydrogen-bond acceptors (Lipinski definition) is 3. The third-order valence-electron chi connectivity index (χ3n) is 3.21. The van der Waals surface area contributed by atoms with Gasteiger partial charge in [-0.2, -0.15) is 0 Å². The van der Waals surface area contributed by atoms with Crippen molar-refractivity contribution in [2.24, 2.45) is 5.92 Å². The predicted octanol–water partition coefficient (Wildman–Crippen LogP) is 3.76. The van der Waals surface area contributed by atoms with Gasteiger partial charge in [0.15, 0.2) is 5.75 Å². The molecule has 112 valence electrons. The number of nitrogens with one attached hydrogen (secondary N) is 2. The Morgan fingerprint density at radius 2 is 2.00 bits per heavy atom. The smallest absolute Gasteiger partial charge is 0.404 e. The Kier molecular flexibility index (Phi) is 5.15. The summed E-state index contributed by atoms with van der Waals surface area (Å²) in [5.41, 5.74) is 0.365. The highest BCUT2D eigenvalue weighted by Crippen LogP contribution is 2.33. The minimum Gasteiger partial charge on any atom is -0.404 e. The number of anilines is 1. The fourth-order valence-electron chi connectivity index (χ4n) is 2.19. The first-order chi connectivity index (χ1) is 9.44. The molecule has 1 saturated heterocycles. The highest BCUT2D eigenvalue weighted by molar-refractivity contribution is 9.10. The Balaban J connectivity index is 2.02. The van der Waals surface area contributed by atoms with Gasteiger partial charge < -0.3 is 15.4 Å². The predicted molar refractivity (Wildman–Crippen MR) is 74.9 cm³/mol. The summed E-state index contributed by atoms with van der Waals surface area (Å²) < 4.78 is 41.7. The van der Waals surface area contributed by atoms with E-state index in [0.717, 1.165) is 25.9 Å². The second-order valence-electron chi connectivity index (χ2n) is 4.76. The normalized spacial score (nSPS) is 17.0. The summed E-state index contributed by atoms with van der Waals surface area (Å²) in [4.78, 5) is 0. The average Bonchev–Trinajstić information content (AvgIpc) is 2.37. The first kappa shape index (κ1) is 15.4. The van der Waals surface area contributed by atoms with Crippen molar-refractivity contribution in [1.29, 1.82) is 0 Å². The second kappa shape index (κ2) is 6.67. The van der Waals surface area contributed by atoms with Gasteiger partial charge in [-0.15, -0.1) is 13.2 Å². The molecule has 1 aliphatic heterocycles. The SMILES string of the molecule is FC(F)(F)Oc1cc(Br)ccc1NCC1CCNCC1. The van der Waals surface area contributed by atoms with Crippen LogP contribution in [0.4, 0.5) is 18.9 Å². The Hall–Kier alpha value is -0.950. The van der Waals surface area contributed by atoms with Crippen molar-refractivity contribution in [3.63, 3.8) is 0 Å². The number of benzene rings is 1. The first-order valence-electron chi connectivity index (χ1n) is 6.44. The molecule has 3 nitrogen and oxygen atoms in total. The number of halogens is 4. The highest BCUT2D eigenvalue weighted by Gasteiger charge is 2.32. The lowest BCUT2D eigenvalue weighted by Crippen LogP contribution is -2.31. The zero-order valence-electron chi connectivity index (χ0n) is 10.8. The minimum absolute atomic E-state index is 0.208. The molecule has 0 radical (unpaired) electrons. The van der Waals surface area contributed by atoms with Crippen LogP contribution in [0.25, 0.3) is 0 Å². The van der Waals surface area contributed by atoms with E-state index < -0.39 is 6.36 Å². The van der Waals surface area contributed by atoms with Gasteiger partial charge in [0.1, 0.15) is 0 Å². The van der Waals surface area contributed by atoms with Gasteiger partial charge >= 0.3 is 6.36 Å². The lowest BCUT2D eigenvalue weighted by atomic mass is 9.98. The summed E-state index contributed by atoms with van der Waals surface area (Å²) in [6.45, 7) is 2.56. The zero-order valence-corrected chi connectivity index (χ0v) is 12.4. The van der Waals surface area contributed by atoms with Crippen LogP contribution in [0, 0.1) is 5.92 Å². The van der Waals surface area contributed by atoms with Crippen molar-refractivity contribution in [2.75, 3.05) is 25.0 Å². The Labute approximate surface area is 124 Å². The Morgan fingerprint density at radius 3 is 2.65 bits per heavy atom. The standard InChI is InChI=1S/C13H16BrF3N2O/c14-10-1-2-11(12(7-10)20-13(15,16)17)19-8-9-3-5-18-6-4-9/h1-2,7,9,18-19H,3-6,8H2. The lowest BCUT2D eigenvalue weighted by molar-refractivity contribution is -0.274. The fraction of sp³-hybridized carbons (Fsp3) is 0.538. The second-order valence-corrected chi connectivity index (χ2v) is 5.68. The third-order valence-corrected chi connectivity index (χ3v) is 3.70. The largest absolute Gasteiger partial charge is 0.573 e. The summed E-state index contributed by atoms with van der Waals surface area (Å²) in [5, 5.41) is 6.31. The monoisotopic (exact) mass is 352 g/mol. The van der Waals surface area contributed by atoms with Crippen LogP contribution >= 0.6 is 15.9 Å². The Morgan fingerprint density at radius 1 is 1.30 bits per heavy atom. The van der Waals surface area contributed by atoms with Gasteiger partial charge in [0.2, 0.25) is 0 Å². The molecule has 1 heterocycles. The summed E-state index contributed by atoms with van der Waals surface area (Å²) in [5.74, 6) is 0.263. The zero-order chi connectivity index (χ0) is 14.6. The highest BCUT2D eigenvalue weighted by atomic mass is 79.9. The van der Waals surface area contributed by atoms with Gasteiger partial charge in [0.25, 0.3) is 0 Å². The van der Waals surface area contributed by atoms with E-state index in [4.69, 9.17) is 0 Å². The van der Waals surface area contributed by atoms with Gasteiger partial charge in [-0.05, 0) is 50.0 Å². The summed E-state index contributed by atoms with van der Waals surface area (Å²) >= 11 is 3.15. The van der Waals surface area contributed by atoms with E-state index in [1.165, 1.54) is 6.07 Å². The van der Waals surface area contributed by atoms with E-state index in [9.17, 15) is 13.2 Å². The van der Waals surface area contributed by atoms with Gasteiger partial charge in [0.05, 0.1) is 5.69 Å². The molecular weight excluding hydrogens is 337 g/mol. The van der Waals surface area contributed by atoms with Crippen LogP contribution in [0.3, 0.4) is 0 Å². The molecule has 20 heavy (non-hydrogen) atoms. The molecule has 0 spiro atoms. The molecule has 0 aromatic heterocycles. The average molecular weight is 353 g/mol. The van der Waals surface area contributed by atoms with E-state index >= 15 is 0 Å². The van der Waals surface area contributed by atoms with Crippen molar-refractivity contribution in [2.45, 2.75) is 19.2 Å². The third kappa shape index (κ3) is 4.86. The van der Waals surface area contributed by atoms with E-state index in [2.05, 4.69) is 31.3 Å². The van der Waals surface area contributed by atoms with Crippen molar-refractivity contribution in [3.8, 4) is 5.75 Å². The molecule has 0 saturated carbocycles. The fourth-order valence-corrected chi connectivity index (χ4v) is 2.53. The van der Waals surface area contributed by atoms with Crippen molar-refractivity contribution >= 4 is 21.6 Å². The van der Waals surface area contributed by atoms with E-state index in [1.54, 1.807) is 12.1 Å². The maximum atomic E-state index is 12.4. The Bertz CT molecular complexity index is 448. The molecule has 0 unspecified atom stereocenters. The number of piperidine rings is 1. The van der Waals surface area contributed by atoms with Crippen LogP contribution in [-0.4, -0.2) is 26.0 Å². The maximum Gasteiger partial charge on any atom is 0.573 e. The van der Waals surface area contributed by atoms with E-state index in [-0.39, 0.29) is 5.75 Å². The molecule has 1 aromatic rings. The van der Waals surface area contributed by atoms with Gasteiger partial charge in [-0.25, -0.2) is 0 Å². The minimum atomic E-state index is -4.69. The number of rotatable bonds is 4. The molecule has 0 aliphatic carbocycles. The molecule has 1 aromatic carbocycles. The summed E-state index contributed by atoms with van der Waals surface area (Å²) in [7, 11) is 0. The molecule has 0 amide bonds. The van der Waals surface area contributed by atoms with Crippen molar-refractivity contribution in [1.82, 2.24) is 5.32 Å². The molecule has 1 fully saturated rings. The number of ether oxygens (including phenoxy) is 1. The van der Waals surface area contributed by atoms with Crippen LogP contribution in [0.2, 0.25) is 0 Å². The topological polar surface area (TPSA) is 33.3 Å². The van der Waals surface area contributed by atoms with Gasteiger partial charge in [-0.1, -0.05) is 15.9 Å². The molecule has 0 bridgehead atoms. The van der Waals surface area contributed by atoms with Crippen molar-refractivity contribution < 1.29 is 17.9 Å². The maximum absolute atomic E-state index is 12.4. The number of alkyl halides is 3. The van der Waals surface area contributed by atoms with Crippen LogP contribution < -0.4 is 15.4 Å². The quantitative estimate of drug-likeness (QED) is 0.865. The van der Waals surface area contributed by atoms with Gasteiger partial charge in [0, 0.05) is 11.0 Å². The van der Waals surface area contributed by atoms with Crippen LogP contribution in [0.1, 0.15) is 12.8 Å². The summed E-state index contributed by atoms with van der Waals surface area (Å²) in [6.07, 6.45) is -2.63. The molecule has 7 heteroatoms. The van der Waals surface area contributed by atoms with E-state index in [1.807, 2.05) is 0 Å². The van der Waals surface area contributed by atoms with Gasteiger partial charge in [-0.3, -0.25) is 0 Å². The molecule has 1 aliphatic rings. The molecular formula is C13H16BrF3N2O. The van der Waals surface area contributed by atoms with E-state index in [0.29, 0.717) is 22.6 Å². The molecule has 0 atom stereocenters. The number of hydrogen-bond donors (Lipinski definition) is 2. The molecule has 2 N–H and O–H groups in total. The lowest BCUT2D eigenvalue weighted by Gasteiger charge is -2.24. The van der Waals surface area contributed by atoms with Crippen molar-refractivity contribution in [3.05, 3.63) is 22.7 Å². The summed E-state index contributed by atoms with van der Waals surface area (Å²) in [6, 6.07) is 4.60. The van der Waals surface area contributed by atoms with Crippen LogP contribution in [0.5, 0.6) is 5.75 Å². The van der Waals surface area contributed by atoms with Crippen LogP contribution in [-0.2, 0) is 0 Å².